The number of rotatable bonds is 6. The molecule has 0 heterocycles. The Labute approximate surface area is 105 Å². The van der Waals surface area contributed by atoms with E-state index < -0.39 is 12.1 Å². The molecule has 1 rings (SSSR count). The monoisotopic (exact) mass is 242 g/mol. The first-order chi connectivity index (χ1) is 7.94. The molecule has 3 heteroatoms. The molecule has 0 aromatic carbocycles. The lowest BCUT2D eigenvalue weighted by Gasteiger charge is -2.35. The van der Waals surface area contributed by atoms with Crippen LogP contribution in [0.15, 0.2) is 0 Å². The molecule has 17 heavy (non-hydrogen) atoms. The summed E-state index contributed by atoms with van der Waals surface area (Å²) in [5.74, 6) is -0.803. The Morgan fingerprint density at radius 1 is 1.41 bits per heavy atom. The van der Waals surface area contributed by atoms with E-state index in [9.17, 15) is 4.79 Å². The van der Waals surface area contributed by atoms with E-state index in [2.05, 4.69) is 20.8 Å². The Morgan fingerprint density at radius 2 is 2.00 bits per heavy atom. The first-order valence-corrected chi connectivity index (χ1v) is 6.83. The average Bonchev–Trinajstić information content (AvgIpc) is 2.26. The summed E-state index contributed by atoms with van der Waals surface area (Å²) in [5.41, 5.74) is 0.405. The van der Waals surface area contributed by atoms with Gasteiger partial charge in [0.25, 0.3) is 0 Å². The maximum Gasteiger partial charge on any atom is 0.332 e. The number of unbranched alkanes of at least 4 members (excludes halogenated alkanes) is 1. The van der Waals surface area contributed by atoms with Gasteiger partial charge in [0.05, 0.1) is 6.10 Å². The predicted octanol–water partition coefficient (Wildman–Crippen LogP) is 3.62. The molecule has 1 unspecified atom stereocenters. The molecular weight excluding hydrogens is 216 g/mol. The number of ether oxygens (including phenoxy) is 1. The fraction of sp³-hybridized carbons (Fsp3) is 0.929. The summed E-state index contributed by atoms with van der Waals surface area (Å²) >= 11 is 0. The SMILES string of the molecule is CCCCC(OC1CCC(C)(C)CC1)C(=O)O. The van der Waals surface area contributed by atoms with Gasteiger partial charge in [0.1, 0.15) is 0 Å². The second-order valence-electron chi connectivity index (χ2n) is 5.97. The van der Waals surface area contributed by atoms with Gasteiger partial charge in [-0.1, -0.05) is 33.6 Å². The zero-order chi connectivity index (χ0) is 12.9. The fourth-order valence-electron chi connectivity index (χ4n) is 2.38. The third kappa shape index (κ3) is 5.07. The maximum atomic E-state index is 11.1. The molecule has 0 radical (unpaired) electrons. The van der Waals surface area contributed by atoms with Crippen molar-refractivity contribution in [2.45, 2.75) is 77.9 Å². The Morgan fingerprint density at radius 3 is 2.47 bits per heavy atom. The normalized spacial score (nSPS) is 22.3. The van der Waals surface area contributed by atoms with Gasteiger partial charge in [-0.15, -0.1) is 0 Å². The number of aliphatic carboxylic acids is 1. The highest BCUT2D eigenvalue weighted by atomic mass is 16.5. The second kappa shape index (κ2) is 6.39. The van der Waals surface area contributed by atoms with Crippen LogP contribution in [0, 0.1) is 5.41 Å². The molecule has 100 valence electrons. The van der Waals surface area contributed by atoms with Crippen molar-refractivity contribution < 1.29 is 14.6 Å². The number of carboxylic acid groups (broad SMARTS) is 1. The van der Waals surface area contributed by atoms with Gasteiger partial charge < -0.3 is 9.84 Å². The molecule has 0 bridgehead atoms. The lowest BCUT2D eigenvalue weighted by Crippen LogP contribution is -2.33. The lowest BCUT2D eigenvalue weighted by atomic mass is 9.76. The van der Waals surface area contributed by atoms with Gasteiger partial charge in [0, 0.05) is 0 Å². The zero-order valence-corrected chi connectivity index (χ0v) is 11.4. The predicted molar refractivity (Wildman–Crippen MR) is 68.1 cm³/mol. The summed E-state index contributed by atoms with van der Waals surface area (Å²) < 4.78 is 5.75. The summed E-state index contributed by atoms with van der Waals surface area (Å²) in [6.45, 7) is 6.62. The molecule has 1 fully saturated rings. The average molecular weight is 242 g/mol. The second-order valence-corrected chi connectivity index (χ2v) is 5.97. The van der Waals surface area contributed by atoms with Crippen LogP contribution in [0.3, 0.4) is 0 Å². The standard InChI is InChI=1S/C14H26O3/c1-4-5-6-12(13(15)16)17-11-7-9-14(2,3)10-8-11/h11-12H,4-10H2,1-3H3,(H,15,16). The highest BCUT2D eigenvalue weighted by Gasteiger charge is 2.30. The molecule has 0 aromatic heterocycles. The van der Waals surface area contributed by atoms with Crippen molar-refractivity contribution in [2.24, 2.45) is 5.41 Å². The van der Waals surface area contributed by atoms with E-state index in [0.717, 1.165) is 38.5 Å². The van der Waals surface area contributed by atoms with Crippen molar-refractivity contribution in [3.8, 4) is 0 Å². The molecule has 0 amide bonds. The smallest absolute Gasteiger partial charge is 0.332 e. The summed E-state index contributed by atoms with van der Waals surface area (Å²) in [6, 6.07) is 0. The minimum absolute atomic E-state index is 0.154. The Balaban J connectivity index is 2.38. The molecule has 1 aliphatic rings. The van der Waals surface area contributed by atoms with Crippen LogP contribution in [0.1, 0.15) is 65.7 Å². The Kier molecular flexibility index (Phi) is 5.44. The van der Waals surface area contributed by atoms with Crippen LogP contribution in [-0.4, -0.2) is 23.3 Å². The molecule has 1 N–H and O–H groups in total. The lowest BCUT2D eigenvalue weighted by molar-refractivity contribution is -0.157. The van der Waals surface area contributed by atoms with Crippen molar-refractivity contribution in [1.82, 2.24) is 0 Å². The maximum absolute atomic E-state index is 11.1. The van der Waals surface area contributed by atoms with Crippen molar-refractivity contribution in [3.63, 3.8) is 0 Å². The van der Waals surface area contributed by atoms with Crippen LogP contribution in [-0.2, 0) is 9.53 Å². The van der Waals surface area contributed by atoms with Gasteiger partial charge in [-0.3, -0.25) is 0 Å². The first-order valence-electron chi connectivity index (χ1n) is 6.83. The molecule has 1 atom stereocenters. The highest BCUT2D eigenvalue weighted by molar-refractivity contribution is 5.72. The Bertz CT molecular complexity index is 238. The van der Waals surface area contributed by atoms with Gasteiger partial charge in [0.15, 0.2) is 6.10 Å². The minimum atomic E-state index is -0.803. The number of hydrogen-bond acceptors (Lipinski definition) is 2. The van der Waals surface area contributed by atoms with Crippen LogP contribution >= 0.6 is 0 Å². The van der Waals surface area contributed by atoms with Gasteiger partial charge in [-0.2, -0.15) is 0 Å². The van der Waals surface area contributed by atoms with Gasteiger partial charge in [-0.25, -0.2) is 4.79 Å². The molecule has 0 aromatic rings. The molecule has 0 spiro atoms. The van der Waals surface area contributed by atoms with Crippen molar-refractivity contribution in [1.29, 1.82) is 0 Å². The quantitative estimate of drug-likeness (QED) is 0.774. The van der Waals surface area contributed by atoms with E-state index in [1.54, 1.807) is 0 Å². The summed E-state index contributed by atoms with van der Waals surface area (Å²) in [7, 11) is 0. The van der Waals surface area contributed by atoms with Crippen LogP contribution < -0.4 is 0 Å². The van der Waals surface area contributed by atoms with E-state index in [1.165, 1.54) is 0 Å². The van der Waals surface area contributed by atoms with Crippen molar-refractivity contribution in [3.05, 3.63) is 0 Å². The molecular formula is C14H26O3. The van der Waals surface area contributed by atoms with E-state index in [4.69, 9.17) is 9.84 Å². The molecule has 1 saturated carbocycles. The molecule has 0 aliphatic heterocycles. The van der Waals surface area contributed by atoms with Crippen molar-refractivity contribution in [2.75, 3.05) is 0 Å². The highest BCUT2D eigenvalue weighted by Crippen LogP contribution is 2.36. The van der Waals surface area contributed by atoms with Gasteiger partial charge >= 0.3 is 5.97 Å². The largest absolute Gasteiger partial charge is 0.479 e. The number of carbonyl (C=O) groups is 1. The van der Waals surface area contributed by atoms with E-state index >= 15 is 0 Å². The first kappa shape index (κ1) is 14.5. The van der Waals surface area contributed by atoms with E-state index in [0.29, 0.717) is 11.8 Å². The molecule has 3 nitrogen and oxygen atoms in total. The number of carboxylic acids is 1. The summed E-state index contributed by atoms with van der Waals surface area (Å²) in [5, 5.41) is 9.11. The minimum Gasteiger partial charge on any atom is -0.479 e. The fourth-order valence-corrected chi connectivity index (χ4v) is 2.38. The van der Waals surface area contributed by atoms with Crippen LogP contribution in [0.25, 0.3) is 0 Å². The topological polar surface area (TPSA) is 46.5 Å². The van der Waals surface area contributed by atoms with E-state index in [-0.39, 0.29) is 6.10 Å². The van der Waals surface area contributed by atoms with Crippen LogP contribution in [0.2, 0.25) is 0 Å². The third-order valence-electron chi connectivity index (χ3n) is 3.74. The van der Waals surface area contributed by atoms with Crippen LogP contribution in [0.4, 0.5) is 0 Å². The number of hydrogen-bond donors (Lipinski definition) is 1. The van der Waals surface area contributed by atoms with E-state index in [1.807, 2.05) is 0 Å². The summed E-state index contributed by atoms with van der Waals surface area (Å²) in [4.78, 5) is 11.1. The van der Waals surface area contributed by atoms with Gasteiger partial charge in [-0.05, 0) is 37.5 Å². The van der Waals surface area contributed by atoms with Crippen LogP contribution in [0.5, 0.6) is 0 Å². The Hall–Kier alpha value is -0.570. The summed E-state index contributed by atoms with van der Waals surface area (Å²) in [6.07, 6.45) is 6.43. The molecule has 1 aliphatic carbocycles. The third-order valence-corrected chi connectivity index (χ3v) is 3.74. The van der Waals surface area contributed by atoms with Gasteiger partial charge in [0.2, 0.25) is 0 Å². The zero-order valence-electron chi connectivity index (χ0n) is 11.4. The molecule has 0 saturated heterocycles. The van der Waals surface area contributed by atoms with Crippen molar-refractivity contribution >= 4 is 5.97 Å².